The summed E-state index contributed by atoms with van der Waals surface area (Å²) in [5, 5.41) is 2.23. The Kier molecular flexibility index (Phi) is 4.43. The van der Waals surface area contributed by atoms with Gasteiger partial charge in [0, 0.05) is 43.4 Å². The van der Waals surface area contributed by atoms with E-state index >= 15 is 0 Å². The molecule has 7 heteroatoms. The molecule has 5 nitrogen and oxygen atoms in total. The number of fused-ring (bicyclic) bond motifs is 3. The number of rotatable bonds is 5. The summed E-state index contributed by atoms with van der Waals surface area (Å²) in [4.78, 5) is 16.5. The fourth-order valence-electron chi connectivity index (χ4n) is 2.92. The first-order chi connectivity index (χ1) is 11.8. The summed E-state index contributed by atoms with van der Waals surface area (Å²) in [6, 6.07) is 6.31. The lowest BCUT2D eigenvalue weighted by atomic mass is 10.1. The molecule has 2 aromatic heterocycles. The van der Waals surface area contributed by atoms with E-state index in [0.29, 0.717) is 16.7 Å². The molecular weight excluding hydrogens is 328 g/mol. The molecule has 0 unspecified atom stereocenters. The minimum Gasteiger partial charge on any atom is -0.492 e. The number of hydrogen-bond donors (Lipinski definition) is 1. The fraction of sp³-hybridized carbons (Fsp3) is 0.333. The van der Waals surface area contributed by atoms with Crippen LogP contribution in [-0.2, 0) is 7.05 Å². The molecule has 1 atom stereocenters. The lowest BCUT2D eigenvalue weighted by Gasteiger charge is -2.17. The molecule has 0 saturated heterocycles. The van der Waals surface area contributed by atoms with Crippen LogP contribution in [0.4, 0.5) is 8.78 Å². The number of hydrogen-bond acceptors (Lipinski definition) is 4. The van der Waals surface area contributed by atoms with Crippen molar-refractivity contribution in [2.24, 2.45) is 12.8 Å². The van der Waals surface area contributed by atoms with Gasteiger partial charge < -0.3 is 15.0 Å². The maximum absolute atomic E-state index is 13.0. The third kappa shape index (κ3) is 3.61. The summed E-state index contributed by atoms with van der Waals surface area (Å²) >= 11 is 0. The molecule has 0 aliphatic heterocycles. The van der Waals surface area contributed by atoms with E-state index in [4.69, 9.17) is 10.5 Å². The first kappa shape index (κ1) is 17.3. The van der Waals surface area contributed by atoms with Crippen molar-refractivity contribution >= 4 is 21.7 Å². The second-order valence-corrected chi connectivity index (χ2v) is 6.31. The molecule has 1 aromatic carbocycles. The molecule has 3 aromatic rings. The number of nitrogens with zero attached hydrogens (tertiary/aromatic N) is 2. The number of alkyl halides is 2. The van der Waals surface area contributed by atoms with Gasteiger partial charge in [-0.25, -0.2) is 8.78 Å². The lowest BCUT2D eigenvalue weighted by Crippen LogP contribution is -2.33. The molecule has 2 heterocycles. The molecule has 0 aliphatic carbocycles. The molecule has 0 spiro atoms. The van der Waals surface area contributed by atoms with Crippen molar-refractivity contribution in [3.05, 3.63) is 47.0 Å². The van der Waals surface area contributed by atoms with E-state index in [1.165, 1.54) is 4.57 Å². The normalized spacial score (nSPS) is 13.3. The van der Waals surface area contributed by atoms with Crippen molar-refractivity contribution in [1.29, 1.82) is 0 Å². The summed E-state index contributed by atoms with van der Waals surface area (Å²) in [5.74, 6) is -2.35. The molecule has 0 aliphatic rings. The first-order valence-corrected chi connectivity index (χ1v) is 7.89. The Bertz CT molecular complexity index is 980. The number of aromatic nitrogens is 2. The fourth-order valence-corrected chi connectivity index (χ4v) is 2.92. The highest BCUT2D eigenvalue weighted by Gasteiger charge is 2.25. The van der Waals surface area contributed by atoms with Gasteiger partial charge in [0.05, 0.1) is 10.9 Å². The van der Waals surface area contributed by atoms with Crippen LogP contribution in [0.25, 0.3) is 21.7 Å². The van der Waals surface area contributed by atoms with Crippen LogP contribution in [0, 0.1) is 0 Å². The van der Waals surface area contributed by atoms with E-state index in [9.17, 15) is 13.6 Å². The predicted octanol–water partition coefficient (Wildman–Crippen LogP) is 2.84. The smallest absolute Gasteiger partial charge is 0.260 e. The average Bonchev–Trinajstić information content (AvgIpc) is 2.56. The average molecular weight is 347 g/mol. The van der Waals surface area contributed by atoms with Crippen LogP contribution in [0.3, 0.4) is 0 Å². The van der Waals surface area contributed by atoms with Crippen molar-refractivity contribution in [2.45, 2.75) is 25.3 Å². The molecule has 0 radical (unpaired) electrons. The molecular formula is C18H19F2N3O2. The quantitative estimate of drug-likeness (QED) is 0.721. The minimum absolute atomic E-state index is 0.0274. The van der Waals surface area contributed by atoms with Gasteiger partial charge in [-0.05, 0) is 30.5 Å². The third-order valence-electron chi connectivity index (χ3n) is 4.06. The Labute approximate surface area is 143 Å². The number of ether oxygens (including phenoxy) is 1. The Morgan fingerprint density at radius 2 is 2.04 bits per heavy atom. The minimum atomic E-state index is -2.83. The molecule has 132 valence electrons. The summed E-state index contributed by atoms with van der Waals surface area (Å²) in [6.45, 7) is 0.805. The molecule has 2 N–H and O–H groups in total. The maximum atomic E-state index is 13.0. The van der Waals surface area contributed by atoms with Crippen LogP contribution in [0.15, 0.2) is 41.5 Å². The Morgan fingerprint density at radius 1 is 1.28 bits per heavy atom. The van der Waals surface area contributed by atoms with Gasteiger partial charge in [0.2, 0.25) is 5.92 Å². The number of halogens is 2. The SMILES string of the molecule is Cn1c(=O)c2cnccc2c2ccc(OC[C@@H](N)CC(C)(F)F)cc21. The Hall–Kier alpha value is -2.54. The third-order valence-corrected chi connectivity index (χ3v) is 4.06. The van der Waals surface area contributed by atoms with E-state index in [1.807, 2.05) is 6.07 Å². The van der Waals surface area contributed by atoms with Gasteiger partial charge in [-0.3, -0.25) is 9.78 Å². The summed E-state index contributed by atoms with van der Waals surface area (Å²) in [5.41, 5.74) is 6.21. The van der Waals surface area contributed by atoms with Crippen molar-refractivity contribution in [3.8, 4) is 5.75 Å². The van der Waals surface area contributed by atoms with Crippen molar-refractivity contribution in [1.82, 2.24) is 9.55 Å². The molecule has 0 fully saturated rings. The van der Waals surface area contributed by atoms with Gasteiger partial charge in [0.25, 0.3) is 5.56 Å². The molecule has 3 rings (SSSR count). The highest BCUT2D eigenvalue weighted by Crippen LogP contribution is 2.26. The summed E-state index contributed by atoms with van der Waals surface area (Å²) in [7, 11) is 1.67. The van der Waals surface area contributed by atoms with E-state index in [0.717, 1.165) is 17.7 Å². The standard InChI is InChI=1S/C18H19F2N3O2/c1-18(19,20)8-11(21)10-25-12-3-4-14-13-5-6-22-9-15(13)17(24)23(2)16(14)7-12/h3-7,9,11H,8,10,21H2,1-2H3/t11-/m0/s1. The highest BCUT2D eigenvalue weighted by atomic mass is 19.3. The predicted molar refractivity (Wildman–Crippen MR) is 93.2 cm³/mol. The first-order valence-electron chi connectivity index (χ1n) is 7.89. The van der Waals surface area contributed by atoms with E-state index < -0.39 is 18.4 Å². The van der Waals surface area contributed by atoms with Gasteiger partial charge in [-0.1, -0.05) is 0 Å². The number of pyridine rings is 2. The zero-order valence-corrected chi connectivity index (χ0v) is 14.0. The summed E-state index contributed by atoms with van der Waals surface area (Å²) in [6.07, 6.45) is 2.73. The maximum Gasteiger partial charge on any atom is 0.260 e. The molecule has 25 heavy (non-hydrogen) atoms. The van der Waals surface area contributed by atoms with E-state index in [-0.39, 0.29) is 12.2 Å². The lowest BCUT2D eigenvalue weighted by molar-refractivity contribution is 0.00217. The van der Waals surface area contributed by atoms with Gasteiger partial charge in [-0.15, -0.1) is 0 Å². The van der Waals surface area contributed by atoms with Crippen molar-refractivity contribution in [2.75, 3.05) is 6.61 Å². The summed E-state index contributed by atoms with van der Waals surface area (Å²) < 4.78 is 33.0. The van der Waals surface area contributed by atoms with Gasteiger partial charge >= 0.3 is 0 Å². The number of nitrogens with two attached hydrogens (primary N) is 1. The number of aryl methyl sites for hydroxylation is 1. The zero-order valence-electron chi connectivity index (χ0n) is 14.0. The monoisotopic (exact) mass is 347 g/mol. The van der Waals surface area contributed by atoms with Gasteiger partial charge in [0.15, 0.2) is 0 Å². The van der Waals surface area contributed by atoms with Crippen LogP contribution < -0.4 is 16.0 Å². The molecule has 0 amide bonds. The van der Waals surface area contributed by atoms with Crippen LogP contribution in [0.5, 0.6) is 5.75 Å². The van der Waals surface area contributed by atoms with Gasteiger partial charge in [-0.2, -0.15) is 0 Å². The topological polar surface area (TPSA) is 70.1 Å². The van der Waals surface area contributed by atoms with Crippen molar-refractivity contribution < 1.29 is 13.5 Å². The molecule has 0 saturated carbocycles. The highest BCUT2D eigenvalue weighted by molar-refractivity contribution is 6.05. The largest absolute Gasteiger partial charge is 0.492 e. The second kappa shape index (κ2) is 6.40. The zero-order chi connectivity index (χ0) is 18.2. The van der Waals surface area contributed by atoms with E-state index in [2.05, 4.69) is 4.98 Å². The van der Waals surface area contributed by atoms with Gasteiger partial charge in [0.1, 0.15) is 12.4 Å². The molecule has 0 bridgehead atoms. The van der Waals surface area contributed by atoms with Crippen LogP contribution in [-0.4, -0.2) is 28.1 Å². The van der Waals surface area contributed by atoms with Crippen molar-refractivity contribution in [3.63, 3.8) is 0 Å². The second-order valence-electron chi connectivity index (χ2n) is 6.31. The Morgan fingerprint density at radius 3 is 2.76 bits per heavy atom. The number of benzene rings is 1. The van der Waals surface area contributed by atoms with Crippen LogP contribution in [0.1, 0.15) is 13.3 Å². The van der Waals surface area contributed by atoms with E-state index in [1.54, 1.807) is 37.6 Å². The Balaban J connectivity index is 1.94. The van der Waals surface area contributed by atoms with Crippen LogP contribution in [0.2, 0.25) is 0 Å². The van der Waals surface area contributed by atoms with Crippen LogP contribution >= 0.6 is 0 Å².